The monoisotopic (exact) mass is 358 g/mol. The summed E-state index contributed by atoms with van der Waals surface area (Å²) in [5.41, 5.74) is 3.27. The van der Waals surface area contributed by atoms with Gasteiger partial charge < -0.3 is 9.47 Å². The first-order chi connectivity index (χ1) is 12.2. The summed E-state index contributed by atoms with van der Waals surface area (Å²) in [4.78, 5) is 23.8. The van der Waals surface area contributed by atoms with Crippen LogP contribution in [0.5, 0.6) is 5.75 Å². The first kappa shape index (κ1) is 18.5. The Morgan fingerprint density at radius 1 is 1.12 bits per heavy atom. The Morgan fingerprint density at radius 2 is 1.84 bits per heavy atom. The molecule has 0 unspecified atom stereocenters. The van der Waals surface area contributed by atoms with Gasteiger partial charge in [0.1, 0.15) is 5.75 Å². The van der Waals surface area contributed by atoms with E-state index < -0.39 is 5.97 Å². The molecule has 7 heteroatoms. The SMILES string of the molecule is COC(=O)COc1ccc(/C=N\NC(=O)CSc2ccccc2)cc1. The number of hydrazone groups is 1. The van der Waals surface area contributed by atoms with Crippen molar-refractivity contribution >= 4 is 29.9 Å². The summed E-state index contributed by atoms with van der Waals surface area (Å²) >= 11 is 1.45. The lowest BCUT2D eigenvalue weighted by atomic mass is 10.2. The van der Waals surface area contributed by atoms with Crippen LogP contribution >= 0.6 is 11.8 Å². The molecule has 0 bridgehead atoms. The van der Waals surface area contributed by atoms with Crippen molar-refractivity contribution in [1.29, 1.82) is 0 Å². The van der Waals surface area contributed by atoms with Crippen molar-refractivity contribution in [3.8, 4) is 5.75 Å². The van der Waals surface area contributed by atoms with E-state index in [9.17, 15) is 9.59 Å². The minimum Gasteiger partial charge on any atom is -0.482 e. The molecule has 25 heavy (non-hydrogen) atoms. The molecular weight excluding hydrogens is 340 g/mol. The maximum Gasteiger partial charge on any atom is 0.343 e. The van der Waals surface area contributed by atoms with E-state index in [1.54, 1.807) is 24.3 Å². The first-order valence-electron chi connectivity index (χ1n) is 7.47. The second kappa shape index (κ2) is 10.1. The van der Waals surface area contributed by atoms with Gasteiger partial charge in [0.2, 0.25) is 5.91 Å². The van der Waals surface area contributed by atoms with Gasteiger partial charge in [0.15, 0.2) is 6.61 Å². The number of rotatable bonds is 8. The molecule has 2 rings (SSSR count). The number of thioether (sulfide) groups is 1. The minimum atomic E-state index is -0.443. The number of nitrogens with zero attached hydrogens (tertiary/aromatic N) is 1. The number of hydrogen-bond donors (Lipinski definition) is 1. The zero-order valence-corrected chi connectivity index (χ0v) is 14.5. The van der Waals surface area contributed by atoms with Crippen molar-refractivity contribution in [3.63, 3.8) is 0 Å². The van der Waals surface area contributed by atoms with E-state index in [1.165, 1.54) is 25.1 Å². The van der Waals surface area contributed by atoms with Crippen LogP contribution in [0.2, 0.25) is 0 Å². The quantitative estimate of drug-likeness (QED) is 0.339. The normalized spacial score (nSPS) is 10.4. The van der Waals surface area contributed by atoms with Crippen LogP contribution in [-0.2, 0) is 14.3 Å². The molecule has 0 spiro atoms. The predicted molar refractivity (Wildman–Crippen MR) is 96.9 cm³/mol. The van der Waals surface area contributed by atoms with Gasteiger partial charge in [0, 0.05) is 4.90 Å². The van der Waals surface area contributed by atoms with E-state index in [-0.39, 0.29) is 12.5 Å². The van der Waals surface area contributed by atoms with E-state index in [1.807, 2.05) is 30.3 Å². The van der Waals surface area contributed by atoms with Gasteiger partial charge in [-0.15, -0.1) is 11.8 Å². The fourth-order valence-electron chi connectivity index (χ4n) is 1.73. The second-order valence-electron chi connectivity index (χ2n) is 4.83. The fourth-order valence-corrected chi connectivity index (χ4v) is 2.44. The number of ether oxygens (including phenoxy) is 2. The molecule has 0 aromatic heterocycles. The van der Waals surface area contributed by atoms with Crippen molar-refractivity contribution < 1.29 is 19.1 Å². The third-order valence-corrected chi connectivity index (χ3v) is 3.99. The molecule has 0 heterocycles. The molecule has 0 radical (unpaired) electrons. The molecule has 0 atom stereocenters. The van der Waals surface area contributed by atoms with Gasteiger partial charge in [-0.2, -0.15) is 5.10 Å². The predicted octanol–water partition coefficient (Wildman–Crippen LogP) is 2.48. The highest BCUT2D eigenvalue weighted by Crippen LogP contribution is 2.16. The summed E-state index contributed by atoms with van der Waals surface area (Å²) in [6.45, 7) is -0.140. The topological polar surface area (TPSA) is 77.0 Å². The maximum atomic E-state index is 11.7. The molecule has 2 aromatic rings. The Balaban J connectivity index is 1.73. The van der Waals surface area contributed by atoms with Gasteiger partial charge in [-0.25, -0.2) is 10.2 Å². The van der Waals surface area contributed by atoms with Gasteiger partial charge in [-0.3, -0.25) is 4.79 Å². The summed E-state index contributed by atoms with van der Waals surface area (Å²) in [7, 11) is 1.30. The lowest BCUT2D eigenvalue weighted by Crippen LogP contribution is -2.19. The third-order valence-electron chi connectivity index (χ3n) is 2.98. The zero-order valence-electron chi connectivity index (χ0n) is 13.7. The molecular formula is C18H18N2O4S. The van der Waals surface area contributed by atoms with E-state index in [0.29, 0.717) is 11.5 Å². The number of esters is 1. The summed E-state index contributed by atoms with van der Waals surface area (Å²) in [5.74, 6) is 0.220. The summed E-state index contributed by atoms with van der Waals surface area (Å²) in [5, 5.41) is 3.92. The van der Waals surface area contributed by atoms with Gasteiger partial charge in [-0.05, 0) is 42.0 Å². The van der Waals surface area contributed by atoms with Crippen LogP contribution < -0.4 is 10.2 Å². The number of carbonyl (C=O) groups is 2. The highest BCUT2D eigenvalue weighted by atomic mass is 32.2. The van der Waals surface area contributed by atoms with Crippen molar-refractivity contribution in [1.82, 2.24) is 5.43 Å². The number of hydrogen-bond acceptors (Lipinski definition) is 6. The molecule has 2 aromatic carbocycles. The van der Waals surface area contributed by atoms with Gasteiger partial charge in [0.05, 0.1) is 19.1 Å². The van der Waals surface area contributed by atoms with Crippen LogP contribution in [0.3, 0.4) is 0 Å². The molecule has 6 nitrogen and oxygen atoms in total. The molecule has 130 valence electrons. The fraction of sp³-hybridized carbons (Fsp3) is 0.167. The number of amides is 1. The maximum absolute atomic E-state index is 11.7. The summed E-state index contributed by atoms with van der Waals surface area (Å²) in [6.07, 6.45) is 1.54. The zero-order chi connectivity index (χ0) is 17.9. The Hall–Kier alpha value is -2.80. The Bertz CT molecular complexity index is 718. The van der Waals surface area contributed by atoms with Gasteiger partial charge in [-0.1, -0.05) is 18.2 Å². The highest BCUT2D eigenvalue weighted by Gasteiger charge is 2.02. The average Bonchev–Trinajstić information content (AvgIpc) is 2.66. The number of nitrogens with one attached hydrogen (secondary N) is 1. The van der Waals surface area contributed by atoms with Gasteiger partial charge >= 0.3 is 5.97 Å². The third kappa shape index (κ3) is 7.09. The molecule has 0 aliphatic heterocycles. The number of methoxy groups -OCH3 is 1. The second-order valence-corrected chi connectivity index (χ2v) is 5.88. The molecule has 0 fully saturated rings. The van der Waals surface area contributed by atoms with Crippen molar-refractivity contribution in [2.24, 2.45) is 5.10 Å². The van der Waals surface area contributed by atoms with E-state index in [0.717, 1.165) is 10.5 Å². The number of benzene rings is 2. The minimum absolute atomic E-state index is 0.140. The van der Waals surface area contributed by atoms with Crippen molar-refractivity contribution in [2.75, 3.05) is 19.5 Å². The Kier molecular flexibility index (Phi) is 7.52. The van der Waals surface area contributed by atoms with E-state index >= 15 is 0 Å². The molecule has 0 aliphatic carbocycles. The van der Waals surface area contributed by atoms with Crippen LogP contribution in [0.15, 0.2) is 64.6 Å². The van der Waals surface area contributed by atoms with Gasteiger partial charge in [0.25, 0.3) is 0 Å². The first-order valence-corrected chi connectivity index (χ1v) is 8.45. The van der Waals surface area contributed by atoms with Crippen molar-refractivity contribution in [3.05, 3.63) is 60.2 Å². The molecule has 1 N–H and O–H groups in total. The smallest absolute Gasteiger partial charge is 0.343 e. The van der Waals surface area contributed by atoms with Crippen LogP contribution in [0.4, 0.5) is 0 Å². The summed E-state index contributed by atoms with van der Waals surface area (Å²) in [6, 6.07) is 16.6. The van der Waals surface area contributed by atoms with Crippen LogP contribution in [0, 0.1) is 0 Å². The van der Waals surface area contributed by atoms with Crippen molar-refractivity contribution in [2.45, 2.75) is 4.90 Å². The Morgan fingerprint density at radius 3 is 2.52 bits per heavy atom. The summed E-state index contributed by atoms with van der Waals surface area (Å²) < 4.78 is 9.73. The largest absolute Gasteiger partial charge is 0.482 e. The molecule has 0 saturated heterocycles. The average molecular weight is 358 g/mol. The Labute approximate surface area is 150 Å². The standard InChI is InChI=1S/C18H18N2O4S/c1-23-18(22)12-24-15-9-7-14(8-10-15)11-19-20-17(21)13-25-16-5-3-2-4-6-16/h2-11H,12-13H2,1H3,(H,20,21)/b19-11-. The van der Waals surface area contributed by atoms with E-state index in [4.69, 9.17) is 4.74 Å². The molecule has 0 aliphatic rings. The van der Waals surface area contributed by atoms with E-state index in [2.05, 4.69) is 15.3 Å². The molecule has 0 saturated carbocycles. The lowest BCUT2D eigenvalue weighted by Gasteiger charge is -2.04. The molecule has 1 amide bonds. The number of carbonyl (C=O) groups excluding carboxylic acids is 2. The lowest BCUT2D eigenvalue weighted by molar-refractivity contribution is -0.142. The van der Waals surface area contributed by atoms with Crippen LogP contribution in [-0.4, -0.2) is 37.6 Å². The van der Waals surface area contributed by atoms with Crippen LogP contribution in [0.1, 0.15) is 5.56 Å². The highest BCUT2D eigenvalue weighted by molar-refractivity contribution is 8.00. The van der Waals surface area contributed by atoms with Crippen LogP contribution in [0.25, 0.3) is 0 Å².